The Hall–Kier alpha value is -2.65. The van der Waals surface area contributed by atoms with E-state index in [0.717, 1.165) is 6.42 Å². The van der Waals surface area contributed by atoms with E-state index in [0.29, 0.717) is 58.5 Å². The van der Waals surface area contributed by atoms with Crippen molar-refractivity contribution in [3.63, 3.8) is 0 Å². The molecule has 2 aliphatic heterocycles. The first-order valence-electron chi connectivity index (χ1n) is 11.8. The summed E-state index contributed by atoms with van der Waals surface area (Å²) >= 11 is 0. The molecule has 9 heteroatoms. The Labute approximate surface area is 193 Å². The molecule has 4 rings (SSSR count). The second kappa shape index (κ2) is 10.5. The van der Waals surface area contributed by atoms with E-state index in [4.69, 9.17) is 4.74 Å². The van der Waals surface area contributed by atoms with E-state index in [2.05, 4.69) is 12.1 Å². The molecule has 33 heavy (non-hydrogen) atoms. The Bertz CT molecular complexity index is 844. The standard InChI is InChI=1S/C24H33N3O6/c28-22(25-32)21-12-16(13-27(24(30)31)19-9-11-33-15-19)6-7-20(21)23(29)26-10-8-18(14-26)17-4-2-1-3-5-17/h1-5,16,18-21,32H,6-15H2,(H,25,28)(H,30,31)/t16?,18-,19?,20-,21-/m0/s1. The van der Waals surface area contributed by atoms with E-state index in [1.54, 1.807) is 5.48 Å². The molecule has 2 heterocycles. The number of carbonyl (C=O) groups is 3. The first-order chi connectivity index (χ1) is 16.0. The quantitative estimate of drug-likeness (QED) is 0.444. The van der Waals surface area contributed by atoms with Crippen LogP contribution in [0.5, 0.6) is 0 Å². The Balaban J connectivity index is 1.41. The number of carbonyl (C=O) groups excluding carboxylic acids is 2. The summed E-state index contributed by atoms with van der Waals surface area (Å²) in [6.07, 6.45) is 2.10. The highest BCUT2D eigenvalue weighted by atomic mass is 16.5. The average molecular weight is 460 g/mol. The monoisotopic (exact) mass is 459 g/mol. The molecule has 3 fully saturated rings. The summed E-state index contributed by atoms with van der Waals surface area (Å²) in [6, 6.07) is 9.96. The highest BCUT2D eigenvalue weighted by molar-refractivity contribution is 5.87. The fourth-order valence-electron chi connectivity index (χ4n) is 5.71. The van der Waals surface area contributed by atoms with Crippen LogP contribution in [0.15, 0.2) is 30.3 Å². The number of rotatable bonds is 6. The van der Waals surface area contributed by atoms with Crippen molar-refractivity contribution in [1.29, 1.82) is 0 Å². The number of nitrogens with one attached hydrogen (secondary N) is 1. The summed E-state index contributed by atoms with van der Waals surface area (Å²) in [5.74, 6) is -1.55. The van der Waals surface area contributed by atoms with E-state index in [1.807, 2.05) is 23.1 Å². The molecular weight excluding hydrogens is 426 g/mol. The van der Waals surface area contributed by atoms with Crippen molar-refractivity contribution in [2.75, 3.05) is 32.8 Å². The molecule has 1 saturated carbocycles. The van der Waals surface area contributed by atoms with E-state index in [1.165, 1.54) is 10.5 Å². The van der Waals surface area contributed by atoms with Crippen molar-refractivity contribution >= 4 is 17.9 Å². The van der Waals surface area contributed by atoms with Crippen LogP contribution < -0.4 is 5.48 Å². The summed E-state index contributed by atoms with van der Waals surface area (Å²) in [5, 5.41) is 19.0. The molecule has 1 aliphatic carbocycles. The van der Waals surface area contributed by atoms with Gasteiger partial charge in [0.1, 0.15) is 0 Å². The summed E-state index contributed by atoms with van der Waals surface area (Å²) in [5.41, 5.74) is 2.95. The zero-order chi connectivity index (χ0) is 23.4. The highest BCUT2D eigenvalue weighted by Crippen LogP contribution is 2.38. The molecule has 5 atom stereocenters. The maximum Gasteiger partial charge on any atom is 0.407 e. The molecule has 180 valence electrons. The van der Waals surface area contributed by atoms with Crippen LogP contribution in [-0.2, 0) is 14.3 Å². The van der Waals surface area contributed by atoms with Crippen molar-refractivity contribution < 1.29 is 29.4 Å². The number of nitrogens with zero attached hydrogens (tertiary/aromatic N) is 2. The maximum absolute atomic E-state index is 13.4. The van der Waals surface area contributed by atoms with Crippen LogP contribution >= 0.6 is 0 Å². The molecule has 2 saturated heterocycles. The topological polar surface area (TPSA) is 119 Å². The number of hydroxylamine groups is 1. The molecular formula is C24H33N3O6. The second-order valence-electron chi connectivity index (χ2n) is 9.50. The van der Waals surface area contributed by atoms with Crippen LogP contribution in [-0.4, -0.2) is 76.9 Å². The minimum Gasteiger partial charge on any atom is -0.465 e. The van der Waals surface area contributed by atoms with E-state index in [-0.39, 0.29) is 23.8 Å². The lowest BCUT2D eigenvalue weighted by Gasteiger charge is -2.38. The van der Waals surface area contributed by atoms with Gasteiger partial charge in [-0.2, -0.15) is 0 Å². The fraction of sp³-hybridized carbons (Fsp3) is 0.625. The Kier molecular flexibility index (Phi) is 7.49. The molecule has 0 bridgehead atoms. The Morgan fingerprint density at radius 2 is 1.88 bits per heavy atom. The lowest BCUT2D eigenvalue weighted by molar-refractivity contribution is -0.147. The van der Waals surface area contributed by atoms with Crippen LogP contribution in [0.2, 0.25) is 0 Å². The van der Waals surface area contributed by atoms with Gasteiger partial charge in [0.05, 0.1) is 18.6 Å². The van der Waals surface area contributed by atoms with Crippen molar-refractivity contribution in [3.05, 3.63) is 35.9 Å². The van der Waals surface area contributed by atoms with Gasteiger partial charge in [-0.25, -0.2) is 10.3 Å². The fourth-order valence-corrected chi connectivity index (χ4v) is 5.71. The maximum atomic E-state index is 13.4. The predicted molar refractivity (Wildman–Crippen MR) is 119 cm³/mol. The van der Waals surface area contributed by atoms with Crippen LogP contribution in [0.25, 0.3) is 0 Å². The van der Waals surface area contributed by atoms with Gasteiger partial charge in [0.25, 0.3) is 0 Å². The first-order valence-corrected chi connectivity index (χ1v) is 11.8. The minimum absolute atomic E-state index is 0.0419. The third-order valence-corrected chi connectivity index (χ3v) is 7.54. The number of benzene rings is 1. The van der Waals surface area contributed by atoms with Gasteiger partial charge in [0.2, 0.25) is 11.8 Å². The Morgan fingerprint density at radius 3 is 2.55 bits per heavy atom. The Morgan fingerprint density at radius 1 is 1.09 bits per heavy atom. The SMILES string of the molecule is O=C(NO)[C@H]1CC(CN(C(=O)O)C2CCOC2)CC[C@@H]1C(=O)N1CC[C@H](c2ccccc2)C1. The third kappa shape index (κ3) is 5.30. The van der Waals surface area contributed by atoms with Crippen LogP contribution in [0.3, 0.4) is 0 Å². The molecule has 3 aliphatic rings. The predicted octanol–water partition coefficient (Wildman–Crippen LogP) is 2.31. The lowest BCUT2D eigenvalue weighted by atomic mass is 9.72. The third-order valence-electron chi connectivity index (χ3n) is 7.54. The molecule has 3 amide bonds. The van der Waals surface area contributed by atoms with Crippen molar-refractivity contribution in [1.82, 2.24) is 15.3 Å². The molecule has 0 aromatic heterocycles. The zero-order valence-electron chi connectivity index (χ0n) is 18.8. The van der Waals surface area contributed by atoms with Crippen molar-refractivity contribution in [2.24, 2.45) is 17.8 Å². The zero-order valence-corrected chi connectivity index (χ0v) is 18.8. The first kappa shape index (κ1) is 23.5. The summed E-state index contributed by atoms with van der Waals surface area (Å²) in [4.78, 5) is 41.0. The molecule has 1 aromatic rings. The molecule has 2 unspecified atom stereocenters. The normalized spacial score (nSPS) is 29.6. The van der Waals surface area contributed by atoms with Gasteiger partial charge < -0.3 is 19.6 Å². The minimum atomic E-state index is -0.990. The van der Waals surface area contributed by atoms with Crippen LogP contribution in [0.4, 0.5) is 4.79 Å². The van der Waals surface area contributed by atoms with Gasteiger partial charge in [-0.1, -0.05) is 30.3 Å². The smallest absolute Gasteiger partial charge is 0.407 e. The van der Waals surface area contributed by atoms with Gasteiger partial charge in [0.15, 0.2) is 0 Å². The number of carboxylic acid groups (broad SMARTS) is 1. The van der Waals surface area contributed by atoms with E-state index in [9.17, 15) is 24.7 Å². The summed E-state index contributed by atoms with van der Waals surface area (Å²) in [7, 11) is 0. The number of hydrogen-bond acceptors (Lipinski definition) is 5. The molecule has 0 radical (unpaired) electrons. The van der Waals surface area contributed by atoms with Crippen molar-refractivity contribution in [2.45, 2.75) is 44.1 Å². The summed E-state index contributed by atoms with van der Waals surface area (Å²) in [6.45, 7) is 2.52. The van der Waals surface area contributed by atoms with Gasteiger partial charge >= 0.3 is 6.09 Å². The second-order valence-corrected chi connectivity index (χ2v) is 9.50. The van der Waals surface area contributed by atoms with Gasteiger partial charge in [-0.15, -0.1) is 0 Å². The van der Waals surface area contributed by atoms with Gasteiger partial charge in [-0.05, 0) is 43.6 Å². The molecule has 9 nitrogen and oxygen atoms in total. The van der Waals surface area contributed by atoms with Crippen LogP contribution in [0, 0.1) is 17.8 Å². The van der Waals surface area contributed by atoms with E-state index < -0.39 is 23.8 Å². The lowest BCUT2D eigenvalue weighted by Crippen LogP contribution is -2.48. The van der Waals surface area contributed by atoms with Gasteiger partial charge in [-0.3, -0.25) is 14.8 Å². The summed E-state index contributed by atoms with van der Waals surface area (Å²) < 4.78 is 5.35. The molecule has 3 N–H and O–H groups in total. The largest absolute Gasteiger partial charge is 0.465 e. The van der Waals surface area contributed by atoms with Crippen LogP contribution in [0.1, 0.15) is 43.6 Å². The molecule has 0 spiro atoms. The number of likely N-dealkylation sites (tertiary alicyclic amines) is 1. The highest BCUT2D eigenvalue weighted by Gasteiger charge is 2.43. The van der Waals surface area contributed by atoms with E-state index >= 15 is 0 Å². The number of hydrogen-bond donors (Lipinski definition) is 3. The van der Waals surface area contributed by atoms with Gasteiger partial charge in [0, 0.05) is 38.1 Å². The number of amides is 3. The average Bonchev–Trinajstić information content (AvgIpc) is 3.54. The van der Waals surface area contributed by atoms with Crippen molar-refractivity contribution in [3.8, 4) is 0 Å². The number of ether oxygens (including phenoxy) is 1. The molecule has 1 aromatic carbocycles.